The molecule has 1 aliphatic carbocycles. The Morgan fingerprint density at radius 3 is 2.18 bits per heavy atom. The Hall–Kier alpha value is -2.33. The summed E-state index contributed by atoms with van der Waals surface area (Å²) in [7, 11) is 4.71. The maximum atomic E-state index is 14.0. The van der Waals surface area contributed by atoms with Crippen molar-refractivity contribution >= 4 is 34.8 Å². The normalized spacial score (nSPS) is 19.1. The van der Waals surface area contributed by atoms with E-state index in [1.54, 1.807) is 25.1 Å². The highest BCUT2D eigenvalue weighted by molar-refractivity contribution is 7.15. The molecule has 1 aromatic heterocycles. The molecule has 188 valence electrons. The first kappa shape index (κ1) is 27.9. The SMILES string of the molecule is COC(=O)c1sc(C#CC(C)(C)C)cc1N(C(=O)C1CCC(C)CC1)[C@@H](C(=O)N(C)C)C(C)C. The van der Waals surface area contributed by atoms with Crippen LogP contribution in [-0.4, -0.2) is 49.9 Å². The fourth-order valence-corrected chi connectivity index (χ4v) is 5.10. The van der Waals surface area contributed by atoms with Crippen LogP contribution < -0.4 is 4.90 Å². The van der Waals surface area contributed by atoms with Gasteiger partial charge in [0.1, 0.15) is 10.9 Å². The summed E-state index contributed by atoms with van der Waals surface area (Å²) < 4.78 is 5.06. The lowest BCUT2D eigenvalue weighted by Crippen LogP contribution is -2.54. The Morgan fingerprint density at radius 1 is 1.12 bits per heavy atom. The minimum atomic E-state index is -0.733. The number of thiophene rings is 1. The summed E-state index contributed by atoms with van der Waals surface area (Å²) in [6.45, 7) is 12.1. The van der Waals surface area contributed by atoms with E-state index in [-0.39, 0.29) is 29.1 Å². The molecule has 0 N–H and O–H groups in total. The van der Waals surface area contributed by atoms with Crippen molar-refractivity contribution in [3.63, 3.8) is 0 Å². The summed E-state index contributed by atoms with van der Waals surface area (Å²) in [5.74, 6) is 5.80. The van der Waals surface area contributed by atoms with Crippen LogP contribution in [0.15, 0.2) is 6.07 Å². The molecule has 0 aromatic carbocycles. The van der Waals surface area contributed by atoms with E-state index in [0.29, 0.717) is 21.4 Å². The van der Waals surface area contributed by atoms with Crippen molar-refractivity contribution in [2.75, 3.05) is 26.1 Å². The number of carbonyl (C=O) groups is 3. The summed E-state index contributed by atoms with van der Waals surface area (Å²) in [5.41, 5.74) is 0.207. The first-order valence-corrected chi connectivity index (χ1v) is 12.9. The number of ether oxygens (including phenoxy) is 1. The fraction of sp³-hybridized carbons (Fsp3) is 0.667. The monoisotopic (exact) mass is 488 g/mol. The average Bonchev–Trinajstić information content (AvgIpc) is 3.18. The van der Waals surface area contributed by atoms with Crippen molar-refractivity contribution in [2.24, 2.45) is 23.2 Å². The van der Waals surface area contributed by atoms with Gasteiger partial charge in [-0.15, -0.1) is 11.3 Å². The van der Waals surface area contributed by atoms with Crippen molar-refractivity contribution in [1.29, 1.82) is 0 Å². The Kier molecular flexibility index (Phi) is 9.36. The van der Waals surface area contributed by atoms with E-state index < -0.39 is 12.0 Å². The molecule has 1 heterocycles. The zero-order valence-electron chi connectivity index (χ0n) is 22.2. The summed E-state index contributed by atoms with van der Waals surface area (Å²) in [5, 5.41) is 0. The van der Waals surface area contributed by atoms with Crippen LogP contribution in [0.5, 0.6) is 0 Å². The van der Waals surface area contributed by atoms with Crippen LogP contribution in [0.4, 0.5) is 5.69 Å². The molecule has 1 fully saturated rings. The molecule has 2 rings (SSSR count). The lowest BCUT2D eigenvalue weighted by molar-refractivity contribution is -0.134. The highest BCUT2D eigenvalue weighted by atomic mass is 32.1. The van der Waals surface area contributed by atoms with Crippen molar-refractivity contribution in [3.8, 4) is 11.8 Å². The minimum Gasteiger partial charge on any atom is -0.465 e. The lowest BCUT2D eigenvalue weighted by atomic mass is 9.81. The molecular formula is C27H40N2O4S. The van der Waals surface area contributed by atoms with Crippen molar-refractivity contribution < 1.29 is 19.1 Å². The Morgan fingerprint density at radius 2 is 1.71 bits per heavy atom. The van der Waals surface area contributed by atoms with Crippen molar-refractivity contribution in [1.82, 2.24) is 4.90 Å². The Balaban J connectivity index is 2.70. The van der Waals surface area contributed by atoms with Crippen LogP contribution in [0, 0.1) is 35.0 Å². The van der Waals surface area contributed by atoms with Crippen molar-refractivity contribution in [2.45, 2.75) is 73.3 Å². The Bertz CT molecular complexity index is 953. The van der Waals surface area contributed by atoms with Gasteiger partial charge in [0.15, 0.2) is 0 Å². The van der Waals surface area contributed by atoms with Gasteiger partial charge in [-0.05, 0) is 64.4 Å². The van der Waals surface area contributed by atoms with E-state index in [2.05, 4.69) is 18.8 Å². The summed E-state index contributed by atoms with van der Waals surface area (Å²) in [6, 6.07) is 1.04. The van der Waals surface area contributed by atoms with E-state index in [0.717, 1.165) is 25.7 Å². The number of hydrogen-bond donors (Lipinski definition) is 0. The van der Waals surface area contributed by atoms with Crippen LogP contribution >= 0.6 is 11.3 Å². The van der Waals surface area contributed by atoms with Gasteiger partial charge in [-0.3, -0.25) is 14.5 Å². The molecular weight excluding hydrogens is 448 g/mol. The zero-order valence-corrected chi connectivity index (χ0v) is 23.0. The molecule has 0 aliphatic heterocycles. The van der Waals surface area contributed by atoms with Gasteiger partial charge < -0.3 is 9.64 Å². The van der Waals surface area contributed by atoms with Crippen LogP contribution in [0.3, 0.4) is 0 Å². The molecule has 6 nitrogen and oxygen atoms in total. The van der Waals surface area contributed by atoms with E-state index in [1.165, 1.54) is 23.3 Å². The van der Waals surface area contributed by atoms with E-state index >= 15 is 0 Å². The molecule has 34 heavy (non-hydrogen) atoms. The van der Waals surface area contributed by atoms with Gasteiger partial charge in [-0.2, -0.15) is 0 Å². The predicted molar refractivity (Wildman–Crippen MR) is 138 cm³/mol. The zero-order chi connectivity index (χ0) is 25.8. The second kappa shape index (κ2) is 11.4. The molecule has 0 bridgehead atoms. The third-order valence-corrected chi connectivity index (χ3v) is 7.13. The number of methoxy groups -OCH3 is 1. The van der Waals surface area contributed by atoms with Gasteiger partial charge in [0.05, 0.1) is 17.7 Å². The number of carbonyl (C=O) groups excluding carboxylic acids is 3. The van der Waals surface area contributed by atoms with Crippen LogP contribution in [0.25, 0.3) is 0 Å². The maximum absolute atomic E-state index is 14.0. The number of nitrogens with zero attached hydrogens (tertiary/aromatic N) is 2. The van der Waals surface area contributed by atoms with Gasteiger partial charge in [-0.25, -0.2) is 4.79 Å². The highest BCUT2D eigenvalue weighted by Crippen LogP contribution is 2.38. The molecule has 1 aliphatic rings. The Labute approximate surface area is 209 Å². The second-order valence-electron chi connectivity index (χ2n) is 10.9. The number of likely N-dealkylation sites (N-methyl/N-ethyl adjacent to an activating group) is 1. The van der Waals surface area contributed by atoms with Gasteiger partial charge >= 0.3 is 5.97 Å². The largest absolute Gasteiger partial charge is 0.465 e. The van der Waals surface area contributed by atoms with Crippen LogP contribution in [-0.2, 0) is 14.3 Å². The first-order valence-electron chi connectivity index (χ1n) is 12.1. The van der Waals surface area contributed by atoms with E-state index in [9.17, 15) is 14.4 Å². The molecule has 1 aromatic rings. The third kappa shape index (κ3) is 6.85. The summed E-state index contributed by atoms with van der Waals surface area (Å²) >= 11 is 1.21. The molecule has 1 saturated carbocycles. The van der Waals surface area contributed by atoms with Gasteiger partial charge in [0.25, 0.3) is 0 Å². The van der Waals surface area contributed by atoms with Gasteiger partial charge in [0.2, 0.25) is 11.8 Å². The van der Waals surface area contributed by atoms with E-state index in [1.807, 2.05) is 34.6 Å². The maximum Gasteiger partial charge on any atom is 0.350 e. The first-order chi connectivity index (χ1) is 15.8. The summed E-state index contributed by atoms with van der Waals surface area (Å²) in [4.78, 5) is 44.2. The number of amides is 2. The minimum absolute atomic E-state index is 0.0981. The lowest BCUT2D eigenvalue weighted by Gasteiger charge is -2.38. The molecule has 0 radical (unpaired) electrons. The molecule has 1 atom stereocenters. The number of esters is 1. The number of hydrogen-bond acceptors (Lipinski definition) is 5. The molecule has 0 saturated heterocycles. The molecule has 2 amide bonds. The van der Waals surface area contributed by atoms with Gasteiger partial charge in [0, 0.05) is 25.4 Å². The fourth-order valence-electron chi connectivity index (χ4n) is 4.18. The molecule has 0 unspecified atom stereocenters. The predicted octanol–water partition coefficient (Wildman–Crippen LogP) is 5.20. The van der Waals surface area contributed by atoms with Crippen LogP contribution in [0.1, 0.15) is 81.8 Å². The third-order valence-electron chi connectivity index (χ3n) is 6.11. The van der Waals surface area contributed by atoms with Gasteiger partial charge in [-0.1, -0.05) is 32.6 Å². The van der Waals surface area contributed by atoms with E-state index in [4.69, 9.17) is 4.74 Å². The smallest absolute Gasteiger partial charge is 0.350 e. The second-order valence-corrected chi connectivity index (χ2v) is 12.0. The van der Waals surface area contributed by atoms with Crippen LogP contribution in [0.2, 0.25) is 0 Å². The average molecular weight is 489 g/mol. The highest BCUT2D eigenvalue weighted by Gasteiger charge is 2.40. The number of rotatable bonds is 6. The molecule has 7 heteroatoms. The topological polar surface area (TPSA) is 66.9 Å². The standard InChI is InChI=1S/C27H40N2O4S/c1-17(2)22(25(31)28(7)8)29(24(30)19-12-10-18(3)11-13-19)21-16-20(14-15-27(4,5)6)34-23(21)26(32)33-9/h16-19,22H,10-13H2,1-9H3/t18?,19?,22-/m1/s1. The quantitative estimate of drug-likeness (QED) is 0.408. The summed E-state index contributed by atoms with van der Waals surface area (Å²) in [6.07, 6.45) is 3.53. The molecule has 0 spiro atoms. The number of anilines is 1. The van der Waals surface area contributed by atoms with Crippen molar-refractivity contribution in [3.05, 3.63) is 15.8 Å².